The first kappa shape index (κ1) is 17.3. The summed E-state index contributed by atoms with van der Waals surface area (Å²) in [7, 11) is 3.28. The van der Waals surface area contributed by atoms with E-state index in [1.165, 1.54) is 10.5 Å². The van der Waals surface area contributed by atoms with Gasteiger partial charge in [-0.25, -0.2) is 0 Å². The summed E-state index contributed by atoms with van der Waals surface area (Å²) in [5.74, 6) is 1.68. The number of rotatable bonds is 4. The van der Waals surface area contributed by atoms with E-state index in [1.807, 2.05) is 24.3 Å². The molecule has 4 rings (SSSR count). The average Bonchev–Trinajstić information content (AvgIpc) is 3.33. The van der Waals surface area contributed by atoms with Crippen molar-refractivity contribution in [2.75, 3.05) is 20.8 Å². The Morgan fingerprint density at radius 3 is 2.69 bits per heavy atom. The minimum Gasteiger partial charge on any atom is -0.493 e. The summed E-state index contributed by atoms with van der Waals surface area (Å²) in [6.45, 7) is 0.825. The molecule has 1 saturated heterocycles. The molecule has 0 bridgehead atoms. The van der Waals surface area contributed by atoms with Crippen LogP contribution in [0.15, 0.2) is 47.4 Å². The Hall–Kier alpha value is -2.14. The van der Waals surface area contributed by atoms with E-state index in [-0.39, 0.29) is 17.2 Å². The van der Waals surface area contributed by atoms with Crippen LogP contribution >= 0.6 is 11.8 Å². The zero-order valence-corrected chi connectivity index (χ0v) is 15.9. The van der Waals surface area contributed by atoms with Crippen LogP contribution in [0, 0.1) is 0 Å². The third-order valence-electron chi connectivity index (χ3n) is 5.25. The van der Waals surface area contributed by atoms with Crippen molar-refractivity contribution in [3.8, 4) is 11.5 Å². The first-order chi connectivity index (χ1) is 12.7. The fourth-order valence-corrected chi connectivity index (χ4v) is 5.21. The van der Waals surface area contributed by atoms with Gasteiger partial charge in [0.05, 0.1) is 25.5 Å². The quantitative estimate of drug-likeness (QED) is 0.814. The standard InChI is InChI=1S/C21H23NO3S/c1-24-17-10-9-14(12-18(17)25-2)16-7-5-11-22(16)21(23)20-13-15-6-3-4-8-19(15)26-20/h3-4,6,8-10,12,16,20H,5,7,11,13H2,1-2H3/t16-,20-/m0/s1. The summed E-state index contributed by atoms with van der Waals surface area (Å²) in [5.41, 5.74) is 2.41. The number of carbonyl (C=O) groups is 1. The third kappa shape index (κ3) is 3.05. The lowest BCUT2D eigenvalue weighted by Gasteiger charge is -2.28. The molecule has 2 atom stereocenters. The molecule has 2 aromatic rings. The van der Waals surface area contributed by atoms with E-state index in [0.717, 1.165) is 31.4 Å². The Balaban J connectivity index is 1.55. The van der Waals surface area contributed by atoms with Crippen molar-refractivity contribution in [1.82, 2.24) is 4.90 Å². The maximum absolute atomic E-state index is 13.2. The van der Waals surface area contributed by atoms with Crippen molar-refractivity contribution in [3.63, 3.8) is 0 Å². The van der Waals surface area contributed by atoms with Crippen molar-refractivity contribution in [2.45, 2.75) is 35.4 Å². The second kappa shape index (κ2) is 7.23. The van der Waals surface area contributed by atoms with Crippen molar-refractivity contribution < 1.29 is 14.3 Å². The molecule has 1 fully saturated rings. The number of benzene rings is 2. The van der Waals surface area contributed by atoms with Gasteiger partial charge in [-0.05, 0) is 48.6 Å². The topological polar surface area (TPSA) is 38.8 Å². The predicted octanol–water partition coefficient (Wildman–Crippen LogP) is 4.08. The summed E-state index contributed by atoms with van der Waals surface area (Å²) in [5, 5.41) is -0.00635. The number of likely N-dealkylation sites (tertiary alicyclic amines) is 1. The van der Waals surface area contributed by atoms with Gasteiger partial charge in [-0.1, -0.05) is 24.3 Å². The number of methoxy groups -OCH3 is 2. The molecule has 5 heteroatoms. The number of nitrogens with zero attached hydrogens (tertiary/aromatic N) is 1. The summed E-state index contributed by atoms with van der Waals surface area (Å²) >= 11 is 1.71. The van der Waals surface area contributed by atoms with Crippen LogP contribution in [0.25, 0.3) is 0 Å². The Morgan fingerprint density at radius 1 is 1.12 bits per heavy atom. The molecule has 1 amide bonds. The van der Waals surface area contributed by atoms with Gasteiger partial charge in [-0.15, -0.1) is 11.8 Å². The highest BCUT2D eigenvalue weighted by atomic mass is 32.2. The summed E-state index contributed by atoms with van der Waals surface area (Å²) < 4.78 is 10.8. The Kier molecular flexibility index (Phi) is 4.81. The van der Waals surface area contributed by atoms with Crippen LogP contribution in [0.4, 0.5) is 0 Å². The lowest BCUT2D eigenvalue weighted by Crippen LogP contribution is -2.37. The molecular formula is C21H23NO3S. The van der Waals surface area contributed by atoms with Crippen molar-refractivity contribution in [2.24, 2.45) is 0 Å². The van der Waals surface area contributed by atoms with Crippen LogP contribution in [0.1, 0.15) is 30.0 Å². The number of ether oxygens (including phenoxy) is 2. The fourth-order valence-electron chi connectivity index (χ4n) is 3.94. The number of amides is 1. The van der Waals surface area contributed by atoms with Crippen LogP contribution in [-0.2, 0) is 11.2 Å². The molecular weight excluding hydrogens is 346 g/mol. The number of hydrogen-bond acceptors (Lipinski definition) is 4. The number of thioether (sulfide) groups is 1. The normalized spacial score (nSPS) is 21.5. The highest BCUT2D eigenvalue weighted by molar-refractivity contribution is 8.01. The molecule has 2 heterocycles. The van der Waals surface area contributed by atoms with Gasteiger partial charge >= 0.3 is 0 Å². The van der Waals surface area contributed by atoms with E-state index in [1.54, 1.807) is 26.0 Å². The van der Waals surface area contributed by atoms with Gasteiger partial charge in [0, 0.05) is 11.4 Å². The molecule has 2 aromatic carbocycles. The average molecular weight is 369 g/mol. The fraction of sp³-hybridized carbons (Fsp3) is 0.381. The van der Waals surface area contributed by atoms with E-state index >= 15 is 0 Å². The molecule has 0 radical (unpaired) electrons. The predicted molar refractivity (Wildman–Crippen MR) is 103 cm³/mol. The molecule has 136 valence electrons. The molecule has 0 saturated carbocycles. The molecule has 26 heavy (non-hydrogen) atoms. The van der Waals surface area contributed by atoms with Crippen LogP contribution in [0.3, 0.4) is 0 Å². The van der Waals surface area contributed by atoms with Gasteiger partial charge in [0.2, 0.25) is 5.91 Å². The van der Waals surface area contributed by atoms with Gasteiger partial charge in [-0.3, -0.25) is 4.79 Å². The second-order valence-corrected chi connectivity index (χ2v) is 7.97. The number of hydrogen-bond donors (Lipinski definition) is 0. The van der Waals surface area contributed by atoms with Crippen molar-refractivity contribution in [1.29, 1.82) is 0 Å². The van der Waals surface area contributed by atoms with Crippen LogP contribution in [0.5, 0.6) is 11.5 Å². The van der Waals surface area contributed by atoms with E-state index in [2.05, 4.69) is 23.1 Å². The van der Waals surface area contributed by atoms with Gasteiger partial charge in [0.25, 0.3) is 0 Å². The molecule has 0 unspecified atom stereocenters. The first-order valence-electron chi connectivity index (χ1n) is 8.98. The number of carbonyl (C=O) groups excluding carboxylic acids is 1. The van der Waals surface area contributed by atoms with Crippen molar-refractivity contribution >= 4 is 17.7 Å². The maximum Gasteiger partial charge on any atom is 0.236 e. The summed E-state index contributed by atoms with van der Waals surface area (Å²) in [6.07, 6.45) is 2.86. The van der Waals surface area contributed by atoms with Crippen LogP contribution in [-0.4, -0.2) is 36.8 Å². The molecule has 4 nitrogen and oxygen atoms in total. The Morgan fingerprint density at radius 2 is 1.92 bits per heavy atom. The van der Waals surface area contributed by atoms with Gasteiger partial charge in [-0.2, -0.15) is 0 Å². The monoisotopic (exact) mass is 369 g/mol. The SMILES string of the molecule is COc1ccc([C@@H]2CCCN2C(=O)[C@@H]2Cc3ccccc3S2)cc1OC. The van der Waals surface area contributed by atoms with Gasteiger partial charge in [0.15, 0.2) is 11.5 Å². The molecule has 0 aromatic heterocycles. The lowest BCUT2D eigenvalue weighted by molar-refractivity contribution is -0.131. The van der Waals surface area contributed by atoms with E-state index < -0.39 is 0 Å². The van der Waals surface area contributed by atoms with Gasteiger partial charge in [0.1, 0.15) is 0 Å². The minimum absolute atomic E-state index is 0.00635. The highest BCUT2D eigenvalue weighted by Crippen LogP contribution is 2.42. The summed E-state index contributed by atoms with van der Waals surface area (Å²) in [4.78, 5) is 16.5. The number of fused-ring (bicyclic) bond motifs is 1. The first-order valence-corrected chi connectivity index (χ1v) is 9.86. The zero-order chi connectivity index (χ0) is 18.1. The maximum atomic E-state index is 13.2. The molecule has 0 spiro atoms. The molecule has 2 aliphatic heterocycles. The molecule has 0 N–H and O–H groups in total. The summed E-state index contributed by atoms with van der Waals surface area (Å²) in [6, 6.07) is 14.4. The zero-order valence-electron chi connectivity index (χ0n) is 15.1. The third-order valence-corrected chi connectivity index (χ3v) is 6.56. The van der Waals surface area contributed by atoms with E-state index in [4.69, 9.17) is 9.47 Å². The lowest BCUT2D eigenvalue weighted by atomic mass is 10.0. The molecule has 2 aliphatic rings. The Bertz CT molecular complexity index is 798. The van der Waals surface area contributed by atoms with Crippen LogP contribution < -0.4 is 9.47 Å². The van der Waals surface area contributed by atoms with Gasteiger partial charge < -0.3 is 14.4 Å². The van der Waals surface area contributed by atoms with E-state index in [9.17, 15) is 4.79 Å². The Labute approximate surface area is 158 Å². The second-order valence-electron chi connectivity index (χ2n) is 6.72. The highest BCUT2D eigenvalue weighted by Gasteiger charge is 2.37. The van der Waals surface area contributed by atoms with E-state index in [0.29, 0.717) is 11.5 Å². The van der Waals surface area contributed by atoms with Crippen molar-refractivity contribution in [3.05, 3.63) is 53.6 Å². The largest absolute Gasteiger partial charge is 0.493 e. The van der Waals surface area contributed by atoms with Crippen LogP contribution in [0.2, 0.25) is 0 Å². The minimum atomic E-state index is -0.00635. The molecule has 0 aliphatic carbocycles. The smallest absolute Gasteiger partial charge is 0.236 e.